The van der Waals surface area contributed by atoms with E-state index in [4.69, 9.17) is 8.92 Å². The molecule has 1 aliphatic rings. The molecule has 0 bridgehead atoms. The second-order valence-corrected chi connectivity index (χ2v) is 9.68. The highest BCUT2D eigenvalue weighted by molar-refractivity contribution is 7.86. The number of ether oxygens (including phenoxy) is 1. The molecule has 1 fully saturated rings. The molecule has 0 N–H and O–H groups in total. The predicted molar refractivity (Wildman–Crippen MR) is 106 cm³/mol. The maximum atomic E-state index is 12.6. The van der Waals surface area contributed by atoms with Crippen molar-refractivity contribution in [2.24, 2.45) is 5.41 Å². The molecule has 0 unspecified atom stereocenters. The van der Waals surface area contributed by atoms with Crippen molar-refractivity contribution < 1.29 is 22.1 Å². The fraction of sp³-hybridized carbons (Fsp3) is 0.667. The molecule has 152 valence electrons. The first-order chi connectivity index (χ1) is 12.7. The Morgan fingerprint density at radius 3 is 2.33 bits per heavy atom. The lowest BCUT2D eigenvalue weighted by Gasteiger charge is -2.36. The Kier molecular flexibility index (Phi) is 7.46. The molecule has 1 aliphatic carbocycles. The largest absolute Gasteiger partial charge is 0.465 e. The van der Waals surface area contributed by atoms with Crippen LogP contribution in [-0.2, 0) is 29.4 Å². The van der Waals surface area contributed by atoms with Crippen molar-refractivity contribution in [2.45, 2.75) is 71.3 Å². The topological polar surface area (TPSA) is 69.7 Å². The molecule has 0 radical (unpaired) electrons. The van der Waals surface area contributed by atoms with Gasteiger partial charge in [0.25, 0.3) is 10.1 Å². The van der Waals surface area contributed by atoms with Crippen LogP contribution in [-0.4, -0.2) is 26.7 Å². The van der Waals surface area contributed by atoms with Crippen molar-refractivity contribution in [3.8, 4) is 0 Å². The van der Waals surface area contributed by atoms with E-state index in [1.165, 1.54) is 0 Å². The Bertz CT molecular complexity index is 703. The lowest BCUT2D eigenvalue weighted by atomic mass is 9.80. The number of benzene rings is 1. The van der Waals surface area contributed by atoms with Gasteiger partial charge < -0.3 is 4.74 Å². The third kappa shape index (κ3) is 6.04. The number of rotatable bonds is 9. The summed E-state index contributed by atoms with van der Waals surface area (Å²) >= 11 is 0. The molecule has 0 atom stereocenters. The van der Waals surface area contributed by atoms with Crippen LogP contribution in [0.2, 0.25) is 0 Å². The highest BCUT2D eigenvalue weighted by atomic mass is 32.2. The lowest BCUT2D eigenvalue weighted by Crippen LogP contribution is -2.35. The van der Waals surface area contributed by atoms with Gasteiger partial charge in [-0.1, -0.05) is 56.5 Å². The second kappa shape index (κ2) is 9.20. The van der Waals surface area contributed by atoms with Crippen LogP contribution >= 0.6 is 0 Å². The molecule has 0 aromatic heterocycles. The van der Waals surface area contributed by atoms with Gasteiger partial charge in [0.15, 0.2) is 0 Å². The van der Waals surface area contributed by atoms with Gasteiger partial charge in [0.05, 0.1) is 17.8 Å². The summed E-state index contributed by atoms with van der Waals surface area (Å²) in [6.45, 7) is 5.65. The smallest absolute Gasteiger partial charge is 0.311 e. The number of hydrogen-bond acceptors (Lipinski definition) is 5. The van der Waals surface area contributed by atoms with E-state index in [1.807, 2.05) is 51.1 Å². The number of hydrogen-bond donors (Lipinski definition) is 0. The van der Waals surface area contributed by atoms with Gasteiger partial charge in [0.2, 0.25) is 0 Å². The number of esters is 1. The molecule has 0 heterocycles. The van der Waals surface area contributed by atoms with Crippen LogP contribution in [0.5, 0.6) is 0 Å². The zero-order valence-electron chi connectivity index (χ0n) is 16.7. The predicted octanol–water partition coefficient (Wildman–Crippen LogP) is 4.56. The van der Waals surface area contributed by atoms with Crippen LogP contribution in [0.15, 0.2) is 30.3 Å². The van der Waals surface area contributed by atoms with Crippen molar-refractivity contribution in [1.29, 1.82) is 0 Å². The van der Waals surface area contributed by atoms with Crippen LogP contribution in [0.4, 0.5) is 0 Å². The molecule has 6 heteroatoms. The minimum Gasteiger partial charge on any atom is -0.465 e. The normalized spacial score (nSPS) is 17.4. The summed E-state index contributed by atoms with van der Waals surface area (Å²) in [6.07, 6.45) is 5.32. The number of carbonyl (C=O) groups is 1. The number of carbonyl (C=O) groups excluding carboxylic acids is 1. The summed E-state index contributed by atoms with van der Waals surface area (Å²) in [5.41, 5.74) is -0.391. The van der Waals surface area contributed by atoms with Crippen molar-refractivity contribution in [3.05, 3.63) is 35.9 Å². The molecule has 1 aromatic carbocycles. The van der Waals surface area contributed by atoms with Gasteiger partial charge in [-0.3, -0.25) is 8.98 Å². The molecule has 0 amide bonds. The van der Waals surface area contributed by atoms with E-state index < -0.39 is 21.1 Å². The first-order valence-corrected chi connectivity index (χ1v) is 11.4. The molecule has 1 saturated carbocycles. The van der Waals surface area contributed by atoms with Gasteiger partial charge in [0, 0.05) is 0 Å². The van der Waals surface area contributed by atoms with Crippen LogP contribution in [0.3, 0.4) is 0 Å². The van der Waals surface area contributed by atoms with E-state index in [1.54, 1.807) is 0 Å². The van der Waals surface area contributed by atoms with Gasteiger partial charge in [-0.2, -0.15) is 8.42 Å². The van der Waals surface area contributed by atoms with Gasteiger partial charge >= 0.3 is 5.97 Å². The summed E-state index contributed by atoms with van der Waals surface area (Å²) in [5.74, 6) is -0.446. The van der Waals surface area contributed by atoms with Crippen LogP contribution in [0.25, 0.3) is 0 Å². The van der Waals surface area contributed by atoms with E-state index in [2.05, 4.69) is 0 Å². The molecule has 0 aliphatic heterocycles. The second-order valence-electron chi connectivity index (χ2n) is 7.99. The Morgan fingerprint density at radius 2 is 1.74 bits per heavy atom. The third-order valence-electron chi connectivity index (χ3n) is 5.46. The quantitative estimate of drug-likeness (QED) is 0.348. The minimum absolute atomic E-state index is 0.0865. The first kappa shape index (κ1) is 21.9. The first-order valence-electron chi connectivity index (χ1n) is 9.87. The summed E-state index contributed by atoms with van der Waals surface area (Å²) in [5, 5.41) is 0. The highest BCUT2D eigenvalue weighted by Gasteiger charge is 2.39. The zero-order valence-corrected chi connectivity index (χ0v) is 17.5. The van der Waals surface area contributed by atoms with Crippen molar-refractivity contribution >= 4 is 16.1 Å². The van der Waals surface area contributed by atoms with Crippen molar-refractivity contribution in [2.75, 3.05) is 12.4 Å². The monoisotopic (exact) mass is 396 g/mol. The van der Waals surface area contributed by atoms with Crippen LogP contribution in [0.1, 0.15) is 71.3 Å². The average Bonchev–Trinajstić information content (AvgIpc) is 2.66. The molecule has 2 rings (SSSR count). The van der Waals surface area contributed by atoms with E-state index in [9.17, 15) is 13.2 Å². The molecular formula is C21H32O5S. The standard InChI is InChI=1S/C21H32O5S/c1-4-20(2,3)19(22)25-16-11-17-27(23,24)26-21(14-9-6-10-15-21)18-12-7-5-8-13-18/h5,7-8,12-13H,4,6,9-11,14-17H2,1-3H3. The highest BCUT2D eigenvalue weighted by Crippen LogP contribution is 2.41. The summed E-state index contributed by atoms with van der Waals surface area (Å²) in [4.78, 5) is 12.0. The van der Waals surface area contributed by atoms with Crippen molar-refractivity contribution in [1.82, 2.24) is 0 Å². The van der Waals surface area contributed by atoms with E-state index in [-0.39, 0.29) is 24.7 Å². The molecule has 1 aromatic rings. The fourth-order valence-corrected chi connectivity index (χ4v) is 4.61. The van der Waals surface area contributed by atoms with E-state index in [0.29, 0.717) is 19.3 Å². The van der Waals surface area contributed by atoms with Crippen LogP contribution < -0.4 is 0 Å². The van der Waals surface area contributed by atoms with Crippen LogP contribution in [0, 0.1) is 5.41 Å². The van der Waals surface area contributed by atoms with E-state index >= 15 is 0 Å². The summed E-state index contributed by atoms with van der Waals surface area (Å²) < 4.78 is 36.2. The lowest BCUT2D eigenvalue weighted by molar-refractivity contribution is -0.154. The minimum atomic E-state index is -3.72. The maximum Gasteiger partial charge on any atom is 0.311 e. The third-order valence-corrected chi connectivity index (χ3v) is 6.82. The van der Waals surface area contributed by atoms with Gasteiger partial charge in [0.1, 0.15) is 5.60 Å². The molecule has 0 saturated heterocycles. The Labute approximate surface area is 163 Å². The molecular weight excluding hydrogens is 364 g/mol. The molecule has 27 heavy (non-hydrogen) atoms. The van der Waals surface area contributed by atoms with Crippen molar-refractivity contribution in [3.63, 3.8) is 0 Å². The Morgan fingerprint density at radius 1 is 1.11 bits per heavy atom. The molecule has 0 spiro atoms. The van der Waals surface area contributed by atoms with Gasteiger partial charge in [-0.25, -0.2) is 0 Å². The Balaban J connectivity index is 1.96. The van der Waals surface area contributed by atoms with Gasteiger partial charge in [-0.05, 0) is 45.1 Å². The fourth-order valence-electron chi connectivity index (χ4n) is 3.31. The summed E-state index contributed by atoms with van der Waals surface area (Å²) in [6, 6.07) is 9.62. The SMILES string of the molecule is CCC(C)(C)C(=O)OCCCS(=O)(=O)OC1(c2ccccc2)CCCCC1. The van der Waals surface area contributed by atoms with Gasteiger partial charge in [-0.15, -0.1) is 0 Å². The zero-order chi connectivity index (χ0) is 20.0. The Hall–Kier alpha value is -1.40. The van der Waals surface area contributed by atoms with E-state index in [0.717, 1.165) is 24.8 Å². The molecule has 5 nitrogen and oxygen atoms in total. The maximum absolute atomic E-state index is 12.6. The summed E-state index contributed by atoms with van der Waals surface area (Å²) in [7, 11) is -3.72. The average molecular weight is 397 g/mol.